The van der Waals surface area contributed by atoms with Gasteiger partial charge in [-0.15, -0.1) is 0 Å². The largest absolute Gasteiger partial charge is 0.368 e. The maximum Gasteiger partial charge on any atom is 0.246 e. The first-order chi connectivity index (χ1) is 8.29. The van der Waals surface area contributed by atoms with Crippen LogP contribution in [-0.4, -0.2) is 41.8 Å². The lowest BCUT2D eigenvalue weighted by Gasteiger charge is -2.34. The maximum atomic E-state index is 12.4. The molecule has 1 aliphatic heterocycles. The van der Waals surface area contributed by atoms with Crippen LogP contribution in [0.25, 0.3) is 0 Å². The Hall–Kier alpha value is -1.59. The molecule has 1 fully saturated rings. The Morgan fingerprint density at radius 2 is 2.06 bits per heavy atom. The van der Waals surface area contributed by atoms with Crippen LogP contribution in [0.4, 0.5) is 0 Å². The molecule has 3 amide bonds. The topological polar surface area (TPSA) is 92.5 Å². The summed E-state index contributed by atoms with van der Waals surface area (Å²) in [7, 11) is 0. The summed E-state index contributed by atoms with van der Waals surface area (Å²) < 4.78 is 0. The summed E-state index contributed by atoms with van der Waals surface area (Å²) in [6.45, 7) is 6.10. The van der Waals surface area contributed by atoms with E-state index in [4.69, 9.17) is 5.73 Å². The first-order valence-corrected chi connectivity index (χ1v) is 6.08. The van der Waals surface area contributed by atoms with Crippen molar-refractivity contribution in [3.05, 3.63) is 0 Å². The van der Waals surface area contributed by atoms with E-state index in [1.807, 2.05) is 20.8 Å². The van der Waals surface area contributed by atoms with Gasteiger partial charge >= 0.3 is 0 Å². The molecule has 6 nitrogen and oxygen atoms in total. The van der Waals surface area contributed by atoms with E-state index in [9.17, 15) is 14.4 Å². The van der Waals surface area contributed by atoms with Crippen molar-refractivity contribution in [1.82, 2.24) is 10.2 Å². The van der Waals surface area contributed by atoms with Crippen LogP contribution in [0.3, 0.4) is 0 Å². The Bertz CT molecular complexity index is 349. The molecule has 2 atom stereocenters. The molecule has 0 bridgehead atoms. The van der Waals surface area contributed by atoms with Crippen molar-refractivity contribution < 1.29 is 14.4 Å². The van der Waals surface area contributed by atoms with Crippen molar-refractivity contribution in [3.8, 4) is 0 Å². The van der Waals surface area contributed by atoms with E-state index in [-0.39, 0.29) is 5.91 Å². The smallest absolute Gasteiger partial charge is 0.246 e. The summed E-state index contributed by atoms with van der Waals surface area (Å²) in [6.07, 6.45) is 1.87. The standard InChI is InChI=1S/C12H21N3O3/c1-12(2,3)9(14-7-16)11(18)15-6-4-5-8(15)10(13)17/h7-9H,4-6H2,1-3H3,(H2,13,17)(H,14,16)/t8-,9+/m0/s1. The van der Waals surface area contributed by atoms with Crippen molar-refractivity contribution in [3.63, 3.8) is 0 Å². The van der Waals surface area contributed by atoms with Crippen LogP contribution in [0.1, 0.15) is 33.6 Å². The molecule has 102 valence electrons. The number of likely N-dealkylation sites (tertiary alicyclic amines) is 1. The van der Waals surface area contributed by atoms with E-state index in [2.05, 4.69) is 5.32 Å². The molecule has 1 heterocycles. The monoisotopic (exact) mass is 255 g/mol. The molecule has 1 aliphatic rings. The number of nitrogens with zero attached hydrogens (tertiary/aromatic N) is 1. The summed E-state index contributed by atoms with van der Waals surface area (Å²) >= 11 is 0. The highest BCUT2D eigenvalue weighted by atomic mass is 16.2. The molecule has 0 spiro atoms. The lowest BCUT2D eigenvalue weighted by atomic mass is 9.85. The van der Waals surface area contributed by atoms with Crippen LogP contribution in [0.15, 0.2) is 0 Å². The average molecular weight is 255 g/mol. The SMILES string of the molecule is CC(C)(C)[C@H](NC=O)C(=O)N1CCC[C@H]1C(N)=O. The number of primary amides is 1. The van der Waals surface area contributed by atoms with Crippen molar-refractivity contribution in [1.29, 1.82) is 0 Å². The van der Waals surface area contributed by atoms with E-state index in [1.54, 1.807) is 0 Å². The van der Waals surface area contributed by atoms with Gasteiger partial charge in [-0.25, -0.2) is 0 Å². The molecular weight excluding hydrogens is 234 g/mol. The highest BCUT2D eigenvalue weighted by Gasteiger charge is 2.40. The second-order valence-corrected chi connectivity index (χ2v) is 5.68. The van der Waals surface area contributed by atoms with Crippen LogP contribution in [-0.2, 0) is 14.4 Å². The van der Waals surface area contributed by atoms with Gasteiger partial charge in [0.25, 0.3) is 0 Å². The van der Waals surface area contributed by atoms with Crippen LogP contribution in [0.2, 0.25) is 0 Å². The predicted octanol–water partition coefficient (Wildman–Crippen LogP) is -0.377. The van der Waals surface area contributed by atoms with Crippen molar-refractivity contribution in [2.24, 2.45) is 11.1 Å². The molecule has 6 heteroatoms. The molecule has 0 saturated carbocycles. The third kappa shape index (κ3) is 3.00. The summed E-state index contributed by atoms with van der Waals surface area (Å²) in [5.74, 6) is -0.726. The molecule has 0 aromatic heterocycles. The molecule has 1 rings (SSSR count). The minimum Gasteiger partial charge on any atom is -0.368 e. The summed E-state index contributed by atoms with van der Waals surface area (Å²) in [6, 6.07) is -1.19. The van der Waals surface area contributed by atoms with Gasteiger partial charge in [0.2, 0.25) is 18.2 Å². The van der Waals surface area contributed by atoms with E-state index >= 15 is 0 Å². The average Bonchev–Trinajstić information content (AvgIpc) is 2.72. The van der Waals surface area contributed by atoms with Gasteiger partial charge in [0.1, 0.15) is 12.1 Å². The van der Waals surface area contributed by atoms with E-state index in [0.29, 0.717) is 19.4 Å². The lowest BCUT2D eigenvalue weighted by molar-refractivity contribution is -0.142. The van der Waals surface area contributed by atoms with Gasteiger partial charge in [-0.05, 0) is 18.3 Å². The van der Waals surface area contributed by atoms with Gasteiger partial charge in [0.05, 0.1) is 0 Å². The fraction of sp³-hybridized carbons (Fsp3) is 0.750. The highest BCUT2D eigenvalue weighted by Crippen LogP contribution is 2.25. The lowest BCUT2D eigenvalue weighted by Crippen LogP contribution is -2.55. The van der Waals surface area contributed by atoms with Gasteiger partial charge in [-0.1, -0.05) is 20.8 Å². The van der Waals surface area contributed by atoms with E-state index in [0.717, 1.165) is 6.42 Å². The number of carbonyl (C=O) groups is 3. The molecule has 3 N–H and O–H groups in total. The van der Waals surface area contributed by atoms with Crippen LogP contribution in [0.5, 0.6) is 0 Å². The van der Waals surface area contributed by atoms with Gasteiger partial charge < -0.3 is 16.0 Å². The maximum absolute atomic E-state index is 12.4. The molecule has 18 heavy (non-hydrogen) atoms. The third-order valence-electron chi connectivity index (χ3n) is 3.21. The normalized spacial score (nSPS) is 21.5. The zero-order valence-corrected chi connectivity index (χ0v) is 11.1. The molecule has 0 aromatic rings. The molecule has 0 unspecified atom stereocenters. The Kier molecular flexibility index (Phi) is 4.32. The molecular formula is C12H21N3O3. The zero-order chi connectivity index (χ0) is 13.9. The predicted molar refractivity (Wildman–Crippen MR) is 66.4 cm³/mol. The van der Waals surface area contributed by atoms with Gasteiger partial charge in [-0.3, -0.25) is 14.4 Å². The molecule has 0 aromatic carbocycles. The number of nitrogens with two attached hydrogens (primary N) is 1. The van der Waals surface area contributed by atoms with Crippen LogP contribution < -0.4 is 11.1 Å². The molecule has 1 saturated heterocycles. The number of carbonyl (C=O) groups excluding carboxylic acids is 3. The van der Waals surface area contributed by atoms with Gasteiger partial charge in [0.15, 0.2) is 0 Å². The fourth-order valence-corrected chi connectivity index (χ4v) is 2.25. The number of rotatable bonds is 4. The quantitative estimate of drug-likeness (QED) is 0.671. The molecule has 0 radical (unpaired) electrons. The summed E-state index contributed by atoms with van der Waals surface area (Å²) in [4.78, 5) is 35.8. The van der Waals surface area contributed by atoms with Crippen LogP contribution in [0, 0.1) is 5.41 Å². The van der Waals surface area contributed by atoms with E-state index in [1.165, 1.54) is 4.90 Å². The fourth-order valence-electron chi connectivity index (χ4n) is 2.25. The number of amides is 3. The van der Waals surface area contributed by atoms with Crippen molar-refractivity contribution in [2.45, 2.75) is 45.7 Å². The number of hydrogen-bond donors (Lipinski definition) is 2. The Morgan fingerprint density at radius 1 is 1.44 bits per heavy atom. The first kappa shape index (κ1) is 14.5. The number of hydrogen-bond acceptors (Lipinski definition) is 3. The second kappa shape index (κ2) is 5.37. The van der Waals surface area contributed by atoms with Gasteiger partial charge in [0, 0.05) is 6.54 Å². The summed E-state index contributed by atoms with van der Waals surface area (Å²) in [5.41, 5.74) is 4.87. The Balaban J connectivity index is 2.89. The molecule has 0 aliphatic carbocycles. The number of nitrogens with one attached hydrogen (secondary N) is 1. The zero-order valence-electron chi connectivity index (χ0n) is 11.1. The first-order valence-electron chi connectivity index (χ1n) is 6.08. The van der Waals surface area contributed by atoms with Crippen molar-refractivity contribution >= 4 is 18.2 Å². The summed E-state index contributed by atoms with van der Waals surface area (Å²) in [5, 5.41) is 2.53. The minimum absolute atomic E-state index is 0.240. The third-order valence-corrected chi connectivity index (χ3v) is 3.21. The van der Waals surface area contributed by atoms with Gasteiger partial charge in [-0.2, -0.15) is 0 Å². The van der Waals surface area contributed by atoms with Crippen LogP contribution >= 0.6 is 0 Å². The van der Waals surface area contributed by atoms with Crippen molar-refractivity contribution in [2.75, 3.05) is 6.54 Å². The second-order valence-electron chi connectivity index (χ2n) is 5.68. The Labute approximate surface area is 107 Å². The Morgan fingerprint density at radius 3 is 2.50 bits per heavy atom. The van der Waals surface area contributed by atoms with E-state index < -0.39 is 23.4 Å². The highest BCUT2D eigenvalue weighted by molar-refractivity contribution is 5.90. The minimum atomic E-state index is -0.644.